The highest BCUT2D eigenvalue weighted by atomic mass is 19.1. The second-order valence-electron chi connectivity index (χ2n) is 4.62. The average Bonchev–Trinajstić information content (AvgIpc) is 2.89. The van der Waals surface area contributed by atoms with E-state index >= 15 is 0 Å². The minimum absolute atomic E-state index is 0.232. The minimum Gasteiger partial charge on any atom is -0.489 e. The number of carboxylic acids is 1. The quantitative estimate of drug-likeness (QED) is 0.770. The van der Waals surface area contributed by atoms with Crippen molar-refractivity contribution in [3.63, 3.8) is 0 Å². The van der Waals surface area contributed by atoms with Gasteiger partial charge in [-0.25, -0.2) is 9.18 Å². The lowest BCUT2D eigenvalue weighted by Gasteiger charge is -2.05. The van der Waals surface area contributed by atoms with E-state index in [2.05, 4.69) is 4.98 Å². The predicted octanol–water partition coefficient (Wildman–Crippen LogP) is 3.58. The molecule has 0 unspecified atom stereocenters. The van der Waals surface area contributed by atoms with E-state index in [4.69, 9.17) is 9.84 Å². The van der Waals surface area contributed by atoms with Gasteiger partial charge in [0.25, 0.3) is 0 Å². The first-order chi connectivity index (χ1) is 10.1. The highest BCUT2D eigenvalue weighted by Gasteiger charge is 2.08. The van der Waals surface area contributed by atoms with Crippen LogP contribution in [0.25, 0.3) is 10.9 Å². The van der Waals surface area contributed by atoms with Crippen LogP contribution in [0.15, 0.2) is 48.7 Å². The van der Waals surface area contributed by atoms with Gasteiger partial charge >= 0.3 is 5.97 Å². The lowest BCUT2D eigenvalue weighted by Crippen LogP contribution is -1.96. The molecule has 0 saturated carbocycles. The molecular weight excluding hydrogens is 273 g/mol. The van der Waals surface area contributed by atoms with E-state index in [0.29, 0.717) is 12.4 Å². The Morgan fingerprint density at radius 1 is 1.19 bits per heavy atom. The summed E-state index contributed by atoms with van der Waals surface area (Å²) in [6.07, 6.45) is 1.78. The van der Waals surface area contributed by atoms with Crippen LogP contribution in [0.1, 0.15) is 15.9 Å². The molecule has 1 heterocycles. The van der Waals surface area contributed by atoms with Crippen LogP contribution in [0.5, 0.6) is 5.75 Å². The van der Waals surface area contributed by atoms with Gasteiger partial charge in [0.05, 0.1) is 5.56 Å². The molecule has 2 N–H and O–H groups in total. The van der Waals surface area contributed by atoms with Crippen molar-refractivity contribution in [2.75, 3.05) is 0 Å². The van der Waals surface area contributed by atoms with E-state index in [1.165, 1.54) is 12.1 Å². The molecule has 2 aromatic carbocycles. The number of hydrogen-bond acceptors (Lipinski definition) is 2. The summed E-state index contributed by atoms with van der Waals surface area (Å²) in [6, 6.07) is 10.7. The van der Waals surface area contributed by atoms with Gasteiger partial charge in [-0.1, -0.05) is 6.07 Å². The maximum Gasteiger partial charge on any atom is 0.335 e. The Kier molecular flexibility index (Phi) is 3.31. The maximum absolute atomic E-state index is 12.8. The van der Waals surface area contributed by atoms with E-state index in [1.807, 2.05) is 0 Å². The number of hydrogen-bond donors (Lipinski definition) is 2. The molecule has 21 heavy (non-hydrogen) atoms. The molecule has 3 aromatic rings. The second kappa shape index (κ2) is 5.28. The van der Waals surface area contributed by atoms with Crippen LogP contribution < -0.4 is 4.74 Å². The van der Waals surface area contributed by atoms with Gasteiger partial charge in [-0.3, -0.25) is 0 Å². The molecule has 0 atom stereocenters. The van der Waals surface area contributed by atoms with E-state index in [9.17, 15) is 9.18 Å². The molecule has 0 spiro atoms. The van der Waals surface area contributed by atoms with E-state index in [-0.39, 0.29) is 11.4 Å². The van der Waals surface area contributed by atoms with Crippen molar-refractivity contribution >= 4 is 16.9 Å². The maximum atomic E-state index is 12.8. The van der Waals surface area contributed by atoms with Crippen LogP contribution in [0.2, 0.25) is 0 Å². The van der Waals surface area contributed by atoms with Crippen LogP contribution in [-0.2, 0) is 6.61 Å². The van der Waals surface area contributed by atoms with Crippen LogP contribution >= 0.6 is 0 Å². The molecule has 0 aliphatic heterocycles. The van der Waals surface area contributed by atoms with Crippen molar-refractivity contribution in [1.82, 2.24) is 4.98 Å². The normalized spacial score (nSPS) is 10.7. The molecule has 4 nitrogen and oxygen atoms in total. The highest BCUT2D eigenvalue weighted by molar-refractivity contribution is 5.94. The second-order valence-corrected chi connectivity index (χ2v) is 4.62. The monoisotopic (exact) mass is 285 g/mol. The Bertz CT molecular complexity index is 793. The Hall–Kier alpha value is -2.82. The average molecular weight is 285 g/mol. The van der Waals surface area contributed by atoms with E-state index in [1.54, 1.807) is 36.5 Å². The number of aromatic amines is 1. The summed E-state index contributed by atoms with van der Waals surface area (Å²) >= 11 is 0. The van der Waals surface area contributed by atoms with Crippen molar-refractivity contribution < 1.29 is 19.0 Å². The molecule has 5 heteroatoms. The standard InChI is InChI=1S/C16H12FNO3/c17-12-2-4-13(5-3-12)21-9-11-8-18-15-7-10(16(19)20)1-6-14(11)15/h1-8,18H,9H2,(H,19,20). The van der Waals surface area contributed by atoms with Crippen molar-refractivity contribution in [3.05, 3.63) is 65.6 Å². The van der Waals surface area contributed by atoms with Gasteiger partial charge < -0.3 is 14.8 Å². The largest absolute Gasteiger partial charge is 0.489 e. The number of rotatable bonds is 4. The smallest absolute Gasteiger partial charge is 0.335 e. The van der Waals surface area contributed by atoms with Gasteiger partial charge in [-0.15, -0.1) is 0 Å². The summed E-state index contributed by atoms with van der Waals surface area (Å²) in [5, 5.41) is 9.86. The molecule has 0 aliphatic rings. The summed E-state index contributed by atoms with van der Waals surface area (Å²) in [6.45, 7) is 0.318. The number of fused-ring (bicyclic) bond motifs is 1. The van der Waals surface area contributed by atoms with Crippen molar-refractivity contribution in [2.24, 2.45) is 0 Å². The van der Waals surface area contributed by atoms with Crippen LogP contribution in [0.4, 0.5) is 4.39 Å². The number of aromatic carboxylic acids is 1. The summed E-state index contributed by atoms with van der Waals surface area (Å²) in [5.74, 6) is -0.695. The third-order valence-corrected chi connectivity index (χ3v) is 3.22. The van der Waals surface area contributed by atoms with Crippen molar-refractivity contribution in [1.29, 1.82) is 0 Å². The molecule has 1 aromatic heterocycles. The Balaban J connectivity index is 1.81. The Labute approximate surface area is 119 Å². The van der Waals surface area contributed by atoms with Gasteiger partial charge in [0.2, 0.25) is 0 Å². The first-order valence-electron chi connectivity index (χ1n) is 6.35. The molecular formula is C16H12FNO3. The molecule has 0 amide bonds. The zero-order chi connectivity index (χ0) is 14.8. The lowest BCUT2D eigenvalue weighted by molar-refractivity contribution is 0.0697. The third-order valence-electron chi connectivity index (χ3n) is 3.22. The highest BCUT2D eigenvalue weighted by Crippen LogP contribution is 2.22. The summed E-state index contributed by atoms with van der Waals surface area (Å²) in [4.78, 5) is 13.9. The molecule has 3 rings (SSSR count). The fourth-order valence-electron chi connectivity index (χ4n) is 2.13. The van der Waals surface area contributed by atoms with Crippen LogP contribution in [0, 0.1) is 5.82 Å². The van der Waals surface area contributed by atoms with Gasteiger partial charge in [0.15, 0.2) is 0 Å². The van der Waals surface area contributed by atoms with E-state index < -0.39 is 5.97 Å². The fraction of sp³-hybridized carbons (Fsp3) is 0.0625. The van der Waals surface area contributed by atoms with Crippen LogP contribution in [0.3, 0.4) is 0 Å². The SMILES string of the molecule is O=C(O)c1ccc2c(COc3ccc(F)cc3)c[nH]c2c1. The molecule has 0 bridgehead atoms. The van der Waals surface area contributed by atoms with E-state index in [0.717, 1.165) is 16.5 Å². The Morgan fingerprint density at radius 2 is 1.95 bits per heavy atom. The molecule has 0 aliphatic carbocycles. The number of carboxylic acid groups (broad SMARTS) is 1. The first kappa shape index (κ1) is 13.2. The van der Waals surface area contributed by atoms with Gasteiger partial charge in [-0.05, 0) is 36.4 Å². The number of ether oxygens (including phenoxy) is 1. The topological polar surface area (TPSA) is 62.3 Å². The number of carbonyl (C=O) groups is 1. The number of aromatic nitrogens is 1. The van der Waals surface area contributed by atoms with Gasteiger partial charge in [0, 0.05) is 22.7 Å². The van der Waals surface area contributed by atoms with Crippen molar-refractivity contribution in [2.45, 2.75) is 6.61 Å². The van der Waals surface area contributed by atoms with Gasteiger partial charge in [0.1, 0.15) is 18.2 Å². The first-order valence-corrected chi connectivity index (χ1v) is 6.35. The molecule has 0 saturated heterocycles. The lowest BCUT2D eigenvalue weighted by atomic mass is 10.1. The van der Waals surface area contributed by atoms with Crippen LogP contribution in [-0.4, -0.2) is 16.1 Å². The number of benzene rings is 2. The van der Waals surface area contributed by atoms with Crippen molar-refractivity contribution in [3.8, 4) is 5.75 Å². The zero-order valence-electron chi connectivity index (χ0n) is 11.0. The zero-order valence-corrected chi connectivity index (χ0v) is 11.0. The number of nitrogens with one attached hydrogen (secondary N) is 1. The summed E-state index contributed by atoms with van der Waals surface area (Å²) in [5.41, 5.74) is 1.88. The summed E-state index contributed by atoms with van der Waals surface area (Å²) < 4.78 is 18.4. The minimum atomic E-state index is -0.962. The predicted molar refractivity (Wildman–Crippen MR) is 76.0 cm³/mol. The molecule has 0 fully saturated rings. The third kappa shape index (κ3) is 2.72. The fourth-order valence-corrected chi connectivity index (χ4v) is 2.13. The Morgan fingerprint density at radius 3 is 2.67 bits per heavy atom. The molecule has 0 radical (unpaired) electrons. The van der Waals surface area contributed by atoms with Gasteiger partial charge in [-0.2, -0.15) is 0 Å². The summed E-state index contributed by atoms with van der Waals surface area (Å²) in [7, 11) is 0. The molecule has 106 valence electrons. The number of halogens is 1. The number of H-pyrrole nitrogens is 1.